The first-order valence-electron chi connectivity index (χ1n) is 5.19. The van der Waals surface area contributed by atoms with Gasteiger partial charge in [-0.05, 0) is 24.6 Å². The van der Waals surface area contributed by atoms with Crippen LogP contribution in [0.4, 0.5) is 0 Å². The van der Waals surface area contributed by atoms with Gasteiger partial charge in [-0.3, -0.25) is 0 Å². The van der Waals surface area contributed by atoms with Crippen molar-refractivity contribution in [2.24, 2.45) is 0 Å². The fourth-order valence-corrected chi connectivity index (χ4v) is 1.69. The quantitative estimate of drug-likeness (QED) is 0.615. The number of methoxy groups -OCH3 is 1. The van der Waals surface area contributed by atoms with Crippen molar-refractivity contribution in [3.8, 4) is 5.75 Å². The third-order valence-corrected chi connectivity index (χ3v) is 2.52. The van der Waals surface area contributed by atoms with E-state index in [1.807, 2.05) is 6.07 Å². The standard InChI is InChI=1S/C12H15BrO3/c1-3-4-5-16-11-7-9(12(14)15-2)6-10(13)8-11/h6-8H,3-5H2,1-2H3. The molecule has 0 radical (unpaired) electrons. The molecule has 0 amide bonds. The van der Waals surface area contributed by atoms with Gasteiger partial charge in [0.15, 0.2) is 0 Å². The predicted molar refractivity (Wildman–Crippen MR) is 65.9 cm³/mol. The number of rotatable bonds is 5. The monoisotopic (exact) mass is 286 g/mol. The molecule has 0 N–H and O–H groups in total. The van der Waals surface area contributed by atoms with Crippen molar-refractivity contribution in [1.82, 2.24) is 0 Å². The van der Waals surface area contributed by atoms with Crippen molar-refractivity contribution in [2.45, 2.75) is 19.8 Å². The molecule has 0 fully saturated rings. The van der Waals surface area contributed by atoms with Crippen LogP contribution in [0.25, 0.3) is 0 Å². The van der Waals surface area contributed by atoms with E-state index in [2.05, 4.69) is 27.6 Å². The van der Waals surface area contributed by atoms with Crippen molar-refractivity contribution in [3.63, 3.8) is 0 Å². The van der Waals surface area contributed by atoms with E-state index in [4.69, 9.17) is 4.74 Å². The summed E-state index contributed by atoms with van der Waals surface area (Å²) in [7, 11) is 1.36. The predicted octanol–water partition coefficient (Wildman–Crippen LogP) is 3.41. The Bertz CT molecular complexity index is 363. The van der Waals surface area contributed by atoms with Gasteiger partial charge in [0.25, 0.3) is 0 Å². The highest BCUT2D eigenvalue weighted by atomic mass is 79.9. The normalized spacial score (nSPS) is 9.94. The zero-order chi connectivity index (χ0) is 12.0. The van der Waals surface area contributed by atoms with E-state index in [0.717, 1.165) is 17.3 Å². The fourth-order valence-electron chi connectivity index (χ4n) is 1.22. The lowest BCUT2D eigenvalue weighted by Gasteiger charge is -2.07. The van der Waals surface area contributed by atoms with E-state index in [1.54, 1.807) is 12.1 Å². The van der Waals surface area contributed by atoms with Crippen LogP contribution in [0.1, 0.15) is 30.1 Å². The van der Waals surface area contributed by atoms with Gasteiger partial charge >= 0.3 is 5.97 Å². The molecule has 0 bridgehead atoms. The van der Waals surface area contributed by atoms with E-state index in [0.29, 0.717) is 17.9 Å². The number of carbonyl (C=O) groups is 1. The molecule has 3 nitrogen and oxygen atoms in total. The molecular formula is C12H15BrO3. The van der Waals surface area contributed by atoms with Crippen molar-refractivity contribution in [2.75, 3.05) is 13.7 Å². The summed E-state index contributed by atoms with van der Waals surface area (Å²) in [6.07, 6.45) is 2.08. The largest absolute Gasteiger partial charge is 0.494 e. The molecule has 0 saturated carbocycles. The van der Waals surface area contributed by atoms with Crippen LogP contribution in [0.15, 0.2) is 22.7 Å². The minimum atomic E-state index is -0.360. The maximum absolute atomic E-state index is 11.3. The second-order valence-electron chi connectivity index (χ2n) is 3.37. The molecule has 1 aromatic rings. The first-order valence-corrected chi connectivity index (χ1v) is 5.98. The maximum Gasteiger partial charge on any atom is 0.338 e. The molecule has 0 saturated heterocycles. The lowest BCUT2D eigenvalue weighted by Crippen LogP contribution is -2.03. The fraction of sp³-hybridized carbons (Fsp3) is 0.417. The molecule has 0 heterocycles. The highest BCUT2D eigenvalue weighted by molar-refractivity contribution is 9.10. The van der Waals surface area contributed by atoms with E-state index < -0.39 is 0 Å². The summed E-state index contributed by atoms with van der Waals surface area (Å²) in [6.45, 7) is 2.76. The smallest absolute Gasteiger partial charge is 0.338 e. The van der Waals surface area contributed by atoms with Crippen molar-refractivity contribution < 1.29 is 14.3 Å². The summed E-state index contributed by atoms with van der Waals surface area (Å²) < 4.78 is 11.0. The molecule has 0 atom stereocenters. The Kier molecular flexibility index (Phi) is 5.32. The van der Waals surface area contributed by atoms with Gasteiger partial charge in [0.1, 0.15) is 5.75 Å². The molecule has 0 aliphatic carbocycles. The molecule has 4 heteroatoms. The molecule has 0 aromatic heterocycles. The molecule has 0 aliphatic heterocycles. The highest BCUT2D eigenvalue weighted by Crippen LogP contribution is 2.22. The molecular weight excluding hydrogens is 272 g/mol. The third kappa shape index (κ3) is 3.85. The summed E-state index contributed by atoms with van der Waals surface area (Å²) in [5.41, 5.74) is 0.489. The third-order valence-electron chi connectivity index (χ3n) is 2.06. The second-order valence-corrected chi connectivity index (χ2v) is 4.28. The summed E-state index contributed by atoms with van der Waals surface area (Å²) in [6, 6.07) is 5.23. The first kappa shape index (κ1) is 13.0. The Labute approximate surface area is 104 Å². The van der Waals surface area contributed by atoms with Crippen LogP contribution < -0.4 is 4.74 Å². The van der Waals surface area contributed by atoms with Gasteiger partial charge in [0, 0.05) is 4.47 Å². The minimum absolute atomic E-state index is 0.360. The lowest BCUT2D eigenvalue weighted by atomic mass is 10.2. The Balaban J connectivity index is 2.77. The topological polar surface area (TPSA) is 35.5 Å². The van der Waals surface area contributed by atoms with Crippen molar-refractivity contribution in [3.05, 3.63) is 28.2 Å². The van der Waals surface area contributed by atoms with E-state index in [1.165, 1.54) is 7.11 Å². The van der Waals surface area contributed by atoms with E-state index in [-0.39, 0.29) is 5.97 Å². The minimum Gasteiger partial charge on any atom is -0.494 e. The Morgan fingerprint density at radius 3 is 2.75 bits per heavy atom. The van der Waals surface area contributed by atoms with Crippen LogP contribution in [-0.2, 0) is 4.74 Å². The summed E-state index contributed by atoms with van der Waals surface area (Å²) >= 11 is 3.33. The molecule has 1 aromatic carbocycles. The maximum atomic E-state index is 11.3. The van der Waals surface area contributed by atoms with Gasteiger partial charge in [-0.1, -0.05) is 29.3 Å². The van der Waals surface area contributed by atoms with Crippen LogP contribution in [0, 0.1) is 0 Å². The van der Waals surface area contributed by atoms with E-state index in [9.17, 15) is 4.79 Å². The van der Waals surface area contributed by atoms with Crippen molar-refractivity contribution >= 4 is 21.9 Å². The number of hydrogen-bond donors (Lipinski definition) is 0. The van der Waals surface area contributed by atoms with Gasteiger partial charge < -0.3 is 9.47 Å². The average Bonchev–Trinajstić information content (AvgIpc) is 2.27. The number of halogens is 1. The molecule has 1 rings (SSSR count). The van der Waals surface area contributed by atoms with E-state index >= 15 is 0 Å². The van der Waals surface area contributed by atoms with Crippen LogP contribution in [-0.4, -0.2) is 19.7 Å². The van der Waals surface area contributed by atoms with Crippen LogP contribution in [0.2, 0.25) is 0 Å². The molecule has 88 valence electrons. The average molecular weight is 287 g/mol. The van der Waals surface area contributed by atoms with Crippen LogP contribution in [0.3, 0.4) is 0 Å². The summed E-state index contributed by atoms with van der Waals surface area (Å²) in [4.78, 5) is 11.3. The zero-order valence-corrected chi connectivity index (χ0v) is 11.0. The lowest BCUT2D eigenvalue weighted by molar-refractivity contribution is 0.0600. The number of unbranched alkanes of at least 4 members (excludes halogenated alkanes) is 1. The number of hydrogen-bond acceptors (Lipinski definition) is 3. The van der Waals surface area contributed by atoms with Gasteiger partial charge in [0.05, 0.1) is 19.3 Å². The van der Waals surface area contributed by atoms with Gasteiger partial charge in [-0.15, -0.1) is 0 Å². The SMILES string of the molecule is CCCCOc1cc(Br)cc(C(=O)OC)c1. The van der Waals surface area contributed by atoms with Gasteiger partial charge in [-0.2, -0.15) is 0 Å². The number of carbonyl (C=O) groups excluding carboxylic acids is 1. The Morgan fingerprint density at radius 1 is 1.38 bits per heavy atom. The van der Waals surface area contributed by atoms with Crippen LogP contribution >= 0.6 is 15.9 Å². The van der Waals surface area contributed by atoms with Crippen molar-refractivity contribution in [1.29, 1.82) is 0 Å². The first-order chi connectivity index (χ1) is 7.67. The Morgan fingerprint density at radius 2 is 2.12 bits per heavy atom. The molecule has 0 spiro atoms. The summed E-state index contributed by atoms with van der Waals surface area (Å²) in [5.74, 6) is 0.324. The summed E-state index contributed by atoms with van der Waals surface area (Å²) in [5, 5.41) is 0. The second kappa shape index (κ2) is 6.53. The number of benzene rings is 1. The molecule has 0 unspecified atom stereocenters. The number of esters is 1. The molecule has 16 heavy (non-hydrogen) atoms. The highest BCUT2D eigenvalue weighted by Gasteiger charge is 2.08. The zero-order valence-electron chi connectivity index (χ0n) is 9.46. The molecule has 0 aliphatic rings. The van der Waals surface area contributed by atoms with Gasteiger partial charge in [-0.25, -0.2) is 4.79 Å². The van der Waals surface area contributed by atoms with Gasteiger partial charge in [0.2, 0.25) is 0 Å². The van der Waals surface area contributed by atoms with Crippen LogP contribution in [0.5, 0.6) is 5.75 Å². The Hall–Kier alpha value is -1.03. The number of ether oxygens (including phenoxy) is 2.